The van der Waals surface area contributed by atoms with E-state index in [1.54, 1.807) is 14.1 Å². The normalized spacial score (nSPS) is 14.0. The highest BCUT2D eigenvalue weighted by Crippen LogP contribution is 2.08. The number of ketones is 5. The van der Waals surface area contributed by atoms with E-state index in [9.17, 15) is 43.2 Å². The monoisotopic (exact) mass is 680 g/mol. The maximum absolute atomic E-state index is 12.9. The number of nitrogens with one attached hydrogen (secondary N) is 6. The predicted octanol–water partition coefficient (Wildman–Crippen LogP) is -0.0309. The summed E-state index contributed by atoms with van der Waals surface area (Å²) in [5, 5.41) is 16.8. The SMILES string of the molecule is CNC(CC(C)=O)CC(=O)NC(CC(C)=O)CC(=O)NCCCC(CC(C)=O)NC(=O)CC(CC(C)=O)NC(=O)CC(CC(C)=O)NC. The molecule has 0 aromatic carbocycles. The smallest absolute Gasteiger partial charge is 0.222 e. The molecule has 15 nitrogen and oxygen atoms in total. The standard InChI is InChI=1S/C33H56N6O9/c1-20(40)11-25(37-33(48)19-29(15-24(5)44)39-32(47)17-27(35-7)13-22(3)42)9-8-10-36-30(45)18-28(14-23(4)43)38-31(46)16-26(34-6)12-21(2)41/h25-29,34-35H,8-19H2,1-7H3,(H,36,45)(H,37,48)(H,38,46)(H,39,47). The van der Waals surface area contributed by atoms with Gasteiger partial charge < -0.3 is 31.9 Å². The Morgan fingerprint density at radius 3 is 1.04 bits per heavy atom. The minimum Gasteiger partial charge on any atom is -0.356 e. The summed E-state index contributed by atoms with van der Waals surface area (Å²) in [7, 11) is 3.27. The molecule has 0 aromatic heterocycles. The quantitative estimate of drug-likeness (QED) is 0.0632. The third-order valence-electron chi connectivity index (χ3n) is 7.36. The Morgan fingerprint density at radius 2 is 0.688 bits per heavy atom. The van der Waals surface area contributed by atoms with E-state index in [2.05, 4.69) is 31.9 Å². The number of Topliss-reactive ketones (excluding diaryl/α,β-unsaturated/α-hetero) is 5. The molecule has 0 rings (SSSR count). The Morgan fingerprint density at radius 1 is 0.396 bits per heavy atom. The molecule has 48 heavy (non-hydrogen) atoms. The molecule has 0 aliphatic rings. The molecular weight excluding hydrogens is 624 g/mol. The molecule has 15 heteroatoms. The lowest BCUT2D eigenvalue weighted by molar-refractivity contribution is -0.127. The van der Waals surface area contributed by atoms with Crippen LogP contribution in [0.25, 0.3) is 0 Å². The van der Waals surface area contributed by atoms with Crippen molar-refractivity contribution in [3.05, 3.63) is 0 Å². The molecule has 5 atom stereocenters. The van der Waals surface area contributed by atoms with Gasteiger partial charge in [0, 0.05) is 94.5 Å². The summed E-state index contributed by atoms with van der Waals surface area (Å²) >= 11 is 0. The first-order chi connectivity index (χ1) is 22.4. The van der Waals surface area contributed by atoms with Crippen LogP contribution >= 0.6 is 0 Å². The molecule has 272 valence electrons. The summed E-state index contributed by atoms with van der Waals surface area (Å²) in [5.41, 5.74) is 0. The second-order valence-electron chi connectivity index (χ2n) is 12.6. The third-order valence-corrected chi connectivity index (χ3v) is 7.36. The van der Waals surface area contributed by atoms with Crippen LogP contribution < -0.4 is 31.9 Å². The highest BCUT2D eigenvalue weighted by atomic mass is 16.2. The van der Waals surface area contributed by atoms with Crippen molar-refractivity contribution in [2.45, 2.75) is 135 Å². The van der Waals surface area contributed by atoms with Crippen LogP contribution in [0.4, 0.5) is 0 Å². The van der Waals surface area contributed by atoms with E-state index in [1.165, 1.54) is 34.6 Å². The van der Waals surface area contributed by atoms with Crippen LogP contribution in [0.5, 0.6) is 0 Å². The number of hydrogen-bond donors (Lipinski definition) is 6. The minimum absolute atomic E-state index is 0.00908. The molecule has 0 spiro atoms. The van der Waals surface area contributed by atoms with Gasteiger partial charge in [0.1, 0.15) is 28.9 Å². The van der Waals surface area contributed by atoms with E-state index >= 15 is 0 Å². The van der Waals surface area contributed by atoms with Gasteiger partial charge in [-0.05, 0) is 61.6 Å². The molecule has 0 aliphatic heterocycles. The lowest BCUT2D eigenvalue weighted by Gasteiger charge is -2.22. The maximum atomic E-state index is 12.9. The topological polar surface area (TPSA) is 226 Å². The van der Waals surface area contributed by atoms with Crippen LogP contribution in [0.2, 0.25) is 0 Å². The fourth-order valence-electron chi connectivity index (χ4n) is 5.26. The van der Waals surface area contributed by atoms with Crippen molar-refractivity contribution in [1.29, 1.82) is 0 Å². The Labute approximate surface area is 283 Å². The molecule has 0 aromatic rings. The van der Waals surface area contributed by atoms with Crippen molar-refractivity contribution in [2.24, 2.45) is 0 Å². The molecule has 0 aliphatic carbocycles. The summed E-state index contributed by atoms with van der Waals surface area (Å²) in [4.78, 5) is 109. The molecule has 0 saturated heterocycles. The van der Waals surface area contributed by atoms with Crippen LogP contribution in [-0.2, 0) is 43.2 Å². The predicted molar refractivity (Wildman–Crippen MR) is 179 cm³/mol. The van der Waals surface area contributed by atoms with Crippen molar-refractivity contribution in [2.75, 3.05) is 20.6 Å². The largest absolute Gasteiger partial charge is 0.356 e. The summed E-state index contributed by atoms with van der Waals surface area (Å²) in [6.45, 7) is 7.16. The van der Waals surface area contributed by atoms with Crippen LogP contribution in [0.15, 0.2) is 0 Å². The van der Waals surface area contributed by atoms with Gasteiger partial charge in [0.15, 0.2) is 0 Å². The van der Waals surface area contributed by atoms with Gasteiger partial charge >= 0.3 is 0 Å². The van der Waals surface area contributed by atoms with Crippen LogP contribution in [0, 0.1) is 0 Å². The van der Waals surface area contributed by atoms with E-state index in [4.69, 9.17) is 0 Å². The first-order valence-electron chi connectivity index (χ1n) is 16.4. The number of carbonyl (C=O) groups is 9. The molecular formula is C33H56N6O9. The third kappa shape index (κ3) is 23.5. The van der Waals surface area contributed by atoms with Crippen LogP contribution in [-0.4, -0.2) is 103 Å². The molecule has 4 amide bonds. The van der Waals surface area contributed by atoms with Gasteiger partial charge in [0.05, 0.1) is 0 Å². The van der Waals surface area contributed by atoms with E-state index in [0.29, 0.717) is 12.8 Å². The van der Waals surface area contributed by atoms with Gasteiger partial charge in [-0.1, -0.05) is 0 Å². The van der Waals surface area contributed by atoms with Gasteiger partial charge in [-0.2, -0.15) is 0 Å². The van der Waals surface area contributed by atoms with E-state index in [0.717, 1.165) is 0 Å². The maximum Gasteiger partial charge on any atom is 0.222 e. The number of amides is 4. The summed E-state index contributed by atoms with van der Waals surface area (Å²) in [6.07, 6.45) is 0.679. The fraction of sp³-hybridized carbons (Fsp3) is 0.727. The zero-order chi connectivity index (χ0) is 36.8. The lowest BCUT2D eigenvalue weighted by atomic mass is 10.0. The van der Waals surface area contributed by atoms with Crippen molar-refractivity contribution in [1.82, 2.24) is 31.9 Å². The minimum atomic E-state index is -0.774. The van der Waals surface area contributed by atoms with E-state index < -0.39 is 41.8 Å². The van der Waals surface area contributed by atoms with Crippen molar-refractivity contribution >= 4 is 52.5 Å². The van der Waals surface area contributed by atoms with Crippen LogP contribution in [0.1, 0.15) is 105 Å². The Bertz CT molecular complexity index is 1140. The van der Waals surface area contributed by atoms with E-state index in [-0.39, 0.29) is 105 Å². The molecule has 0 heterocycles. The van der Waals surface area contributed by atoms with Gasteiger partial charge in [-0.3, -0.25) is 43.2 Å². The molecule has 0 fully saturated rings. The highest BCUT2D eigenvalue weighted by molar-refractivity contribution is 5.85. The molecule has 0 saturated carbocycles. The second kappa shape index (κ2) is 24.3. The number of carbonyl (C=O) groups excluding carboxylic acids is 9. The fourth-order valence-corrected chi connectivity index (χ4v) is 5.26. The van der Waals surface area contributed by atoms with Gasteiger partial charge in [0.2, 0.25) is 23.6 Å². The van der Waals surface area contributed by atoms with Gasteiger partial charge in [0.25, 0.3) is 0 Å². The first-order valence-corrected chi connectivity index (χ1v) is 16.4. The number of hydrogen-bond acceptors (Lipinski definition) is 11. The summed E-state index contributed by atoms with van der Waals surface area (Å²) in [5.74, 6) is -2.40. The molecule has 0 bridgehead atoms. The molecule has 5 unspecified atom stereocenters. The zero-order valence-electron chi connectivity index (χ0n) is 29.5. The highest BCUT2D eigenvalue weighted by Gasteiger charge is 2.24. The summed E-state index contributed by atoms with van der Waals surface area (Å²) < 4.78 is 0. The number of rotatable bonds is 27. The van der Waals surface area contributed by atoms with Crippen molar-refractivity contribution in [3.63, 3.8) is 0 Å². The van der Waals surface area contributed by atoms with Gasteiger partial charge in [-0.25, -0.2) is 0 Å². The lowest BCUT2D eigenvalue weighted by Crippen LogP contribution is -2.45. The van der Waals surface area contributed by atoms with Crippen molar-refractivity contribution < 1.29 is 43.2 Å². The second-order valence-corrected chi connectivity index (χ2v) is 12.6. The Kier molecular flexibility index (Phi) is 22.4. The Balaban J connectivity index is 5.08. The average Bonchev–Trinajstić information content (AvgIpc) is 2.92. The van der Waals surface area contributed by atoms with Gasteiger partial charge in [-0.15, -0.1) is 0 Å². The average molecular weight is 681 g/mol. The molecule has 0 radical (unpaired) electrons. The summed E-state index contributed by atoms with van der Waals surface area (Å²) in [6, 6.07) is -2.81. The Hall–Kier alpha value is -3.85. The van der Waals surface area contributed by atoms with Crippen molar-refractivity contribution in [3.8, 4) is 0 Å². The van der Waals surface area contributed by atoms with Crippen LogP contribution in [0.3, 0.4) is 0 Å². The molecule has 6 N–H and O–H groups in total. The zero-order valence-corrected chi connectivity index (χ0v) is 29.5. The first kappa shape index (κ1) is 44.1. The van der Waals surface area contributed by atoms with E-state index in [1.807, 2.05) is 0 Å².